The third-order valence-corrected chi connectivity index (χ3v) is 4.17. The van der Waals surface area contributed by atoms with Crippen molar-refractivity contribution in [1.82, 2.24) is 10.2 Å². The molecule has 122 valence electrons. The molecular weight excluding hydrogens is 276 g/mol. The number of ether oxygens (including phenoxy) is 1. The summed E-state index contributed by atoms with van der Waals surface area (Å²) in [6.07, 6.45) is 1.20. The average Bonchev–Trinajstić information content (AvgIpc) is 2.46. The minimum atomic E-state index is -0.0274. The molecule has 3 unspecified atom stereocenters. The van der Waals surface area contributed by atoms with Crippen LogP contribution in [0.2, 0.25) is 0 Å². The number of amides is 2. The van der Waals surface area contributed by atoms with E-state index in [-0.39, 0.29) is 12.1 Å². The lowest BCUT2D eigenvalue weighted by atomic mass is 9.92. The van der Waals surface area contributed by atoms with E-state index in [9.17, 15) is 4.79 Å². The van der Waals surface area contributed by atoms with Crippen molar-refractivity contribution in [1.29, 1.82) is 0 Å². The van der Waals surface area contributed by atoms with E-state index in [1.165, 1.54) is 6.42 Å². The van der Waals surface area contributed by atoms with E-state index >= 15 is 0 Å². The lowest BCUT2D eigenvalue weighted by Gasteiger charge is -2.35. The fourth-order valence-corrected chi connectivity index (χ4v) is 3.23. The van der Waals surface area contributed by atoms with E-state index < -0.39 is 0 Å². The van der Waals surface area contributed by atoms with Crippen molar-refractivity contribution in [2.24, 2.45) is 11.8 Å². The number of piperidine rings is 1. The molecule has 3 atom stereocenters. The Morgan fingerprint density at radius 1 is 1.36 bits per heavy atom. The Balaban J connectivity index is 1.97. The van der Waals surface area contributed by atoms with Gasteiger partial charge < -0.3 is 15.0 Å². The molecule has 1 heterocycles. The van der Waals surface area contributed by atoms with Crippen LogP contribution in [0.5, 0.6) is 5.75 Å². The maximum atomic E-state index is 12.5. The molecule has 0 aliphatic carbocycles. The van der Waals surface area contributed by atoms with Crippen molar-refractivity contribution in [3.8, 4) is 5.75 Å². The Morgan fingerprint density at radius 3 is 2.68 bits per heavy atom. The van der Waals surface area contributed by atoms with Gasteiger partial charge in [0.1, 0.15) is 5.75 Å². The van der Waals surface area contributed by atoms with Gasteiger partial charge in [-0.25, -0.2) is 4.79 Å². The highest BCUT2D eigenvalue weighted by molar-refractivity contribution is 5.74. The monoisotopic (exact) mass is 304 g/mol. The molecule has 0 aromatic heterocycles. The van der Waals surface area contributed by atoms with Gasteiger partial charge in [0.15, 0.2) is 0 Å². The Morgan fingerprint density at radius 2 is 2.05 bits per heavy atom. The minimum absolute atomic E-state index is 0.0274. The number of urea groups is 1. The summed E-state index contributed by atoms with van der Waals surface area (Å²) in [6, 6.07) is 7.93. The zero-order valence-electron chi connectivity index (χ0n) is 14.1. The van der Waals surface area contributed by atoms with Crippen molar-refractivity contribution in [2.75, 3.05) is 19.7 Å². The maximum Gasteiger partial charge on any atom is 0.317 e. The number of likely N-dealkylation sites (tertiary alicyclic amines) is 1. The van der Waals surface area contributed by atoms with E-state index in [0.29, 0.717) is 18.4 Å². The fraction of sp³-hybridized carbons (Fsp3) is 0.611. The number of hydrogen-bond acceptors (Lipinski definition) is 2. The van der Waals surface area contributed by atoms with Crippen LogP contribution in [0.4, 0.5) is 4.79 Å². The third kappa shape index (κ3) is 4.39. The number of carbonyl (C=O) groups is 1. The van der Waals surface area contributed by atoms with Crippen molar-refractivity contribution in [2.45, 2.75) is 40.2 Å². The maximum absolute atomic E-state index is 12.5. The molecule has 4 nitrogen and oxygen atoms in total. The molecule has 1 aromatic carbocycles. The summed E-state index contributed by atoms with van der Waals surface area (Å²) in [5, 5.41) is 3.11. The molecular formula is C18H28N2O2. The predicted molar refractivity (Wildman–Crippen MR) is 89.1 cm³/mol. The normalized spacial score (nSPS) is 23.0. The molecule has 0 radical (unpaired) electrons. The molecule has 1 aromatic rings. The van der Waals surface area contributed by atoms with Gasteiger partial charge in [-0.1, -0.05) is 26.0 Å². The van der Waals surface area contributed by atoms with Crippen LogP contribution in [0.1, 0.15) is 45.7 Å². The SMILES string of the molecule is CCOc1cccc(C(C)NC(=O)N2CC(C)CC(C)C2)c1. The van der Waals surface area contributed by atoms with E-state index in [0.717, 1.165) is 24.4 Å². The summed E-state index contributed by atoms with van der Waals surface area (Å²) >= 11 is 0. The van der Waals surface area contributed by atoms with E-state index in [1.807, 2.05) is 43.0 Å². The van der Waals surface area contributed by atoms with Crippen molar-refractivity contribution >= 4 is 6.03 Å². The first-order valence-electron chi connectivity index (χ1n) is 8.27. The first-order valence-corrected chi connectivity index (χ1v) is 8.27. The molecule has 1 N–H and O–H groups in total. The van der Waals surface area contributed by atoms with Gasteiger partial charge in [0.25, 0.3) is 0 Å². The zero-order valence-corrected chi connectivity index (χ0v) is 14.1. The quantitative estimate of drug-likeness (QED) is 0.918. The van der Waals surface area contributed by atoms with Crippen LogP contribution < -0.4 is 10.1 Å². The van der Waals surface area contributed by atoms with Crippen LogP contribution >= 0.6 is 0 Å². The standard InChI is InChI=1S/C18H28N2O2/c1-5-22-17-8-6-7-16(10-17)15(4)19-18(21)20-11-13(2)9-14(3)12-20/h6-8,10,13-15H,5,9,11-12H2,1-4H3,(H,19,21). The number of hydrogen-bond donors (Lipinski definition) is 1. The second-order valence-corrected chi connectivity index (χ2v) is 6.53. The number of nitrogens with zero attached hydrogens (tertiary/aromatic N) is 1. The molecule has 0 bridgehead atoms. The van der Waals surface area contributed by atoms with E-state index in [2.05, 4.69) is 19.2 Å². The summed E-state index contributed by atoms with van der Waals surface area (Å²) in [7, 11) is 0. The molecule has 0 saturated carbocycles. The summed E-state index contributed by atoms with van der Waals surface area (Å²) in [4.78, 5) is 14.4. The van der Waals surface area contributed by atoms with Crippen LogP contribution in [0.25, 0.3) is 0 Å². The zero-order chi connectivity index (χ0) is 16.1. The van der Waals surface area contributed by atoms with Crippen LogP contribution in [0.15, 0.2) is 24.3 Å². The van der Waals surface area contributed by atoms with Gasteiger partial charge in [0.2, 0.25) is 0 Å². The Labute approximate surface area is 133 Å². The third-order valence-electron chi connectivity index (χ3n) is 4.17. The van der Waals surface area contributed by atoms with Crippen molar-refractivity contribution < 1.29 is 9.53 Å². The van der Waals surface area contributed by atoms with Gasteiger partial charge in [0, 0.05) is 13.1 Å². The first kappa shape index (κ1) is 16.7. The average molecular weight is 304 g/mol. The van der Waals surface area contributed by atoms with Gasteiger partial charge in [-0.05, 0) is 49.8 Å². The largest absolute Gasteiger partial charge is 0.494 e. The van der Waals surface area contributed by atoms with Gasteiger partial charge in [0.05, 0.1) is 12.6 Å². The highest BCUT2D eigenvalue weighted by Gasteiger charge is 2.26. The minimum Gasteiger partial charge on any atom is -0.494 e. The number of rotatable bonds is 4. The highest BCUT2D eigenvalue weighted by Crippen LogP contribution is 2.23. The molecule has 1 aliphatic heterocycles. The van der Waals surface area contributed by atoms with Crippen LogP contribution in [0.3, 0.4) is 0 Å². The molecule has 1 aliphatic rings. The van der Waals surface area contributed by atoms with Crippen molar-refractivity contribution in [3.63, 3.8) is 0 Å². The van der Waals surface area contributed by atoms with Crippen LogP contribution in [0, 0.1) is 11.8 Å². The summed E-state index contributed by atoms with van der Waals surface area (Å²) < 4.78 is 5.52. The number of carbonyl (C=O) groups excluding carboxylic acids is 1. The molecule has 2 rings (SSSR count). The lowest BCUT2D eigenvalue weighted by Crippen LogP contribution is -2.48. The van der Waals surface area contributed by atoms with Crippen LogP contribution in [-0.4, -0.2) is 30.6 Å². The molecule has 1 saturated heterocycles. The Bertz CT molecular complexity index is 494. The number of benzene rings is 1. The van der Waals surface area contributed by atoms with Gasteiger partial charge in [-0.2, -0.15) is 0 Å². The van der Waals surface area contributed by atoms with E-state index in [4.69, 9.17) is 4.74 Å². The van der Waals surface area contributed by atoms with Crippen LogP contribution in [-0.2, 0) is 0 Å². The smallest absolute Gasteiger partial charge is 0.317 e. The molecule has 22 heavy (non-hydrogen) atoms. The van der Waals surface area contributed by atoms with Gasteiger partial charge in [-0.15, -0.1) is 0 Å². The number of nitrogens with one attached hydrogen (secondary N) is 1. The predicted octanol–water partition coefficient (Wildman–Crippen LogP) is 3.83. The fourth-order valence-electron chi connectivity index (χ4n) is 3.23. The van der Waals surface area contributed by atoms with Gasteiger partial charge >= 0.3 is 6.03 Å². The lowest BCUT2D eigenvalue weighted by molar-refractivity contribution is 0.144. The summed E-state index contributed by atoms with van der Waals surface area (Å²) in [5.74, 6) is 2.00. The van der Waals surface area contributed by atoms with Gasteiger partial charge in [-0.3, -0.25) is 0 Å². The second kappa shape index (κ2) is 7.52. The Hall–Kier alpha value is -1.71. The highest BCUT2D eigenvalue weighted by atomic mass is 16.5. The molecule has 1 fully saturated rings. The first-order chi connectivity index (χ1) is 10.5. The summed E-state index contributed by atoms with van der Waals surface area (Å²) in [6.45, 7) is 10.8. The molecule has 2 amide bonds. The molecule has 4 heteroatoms. The second-order valence-electron chi connectivity index (χ2n) is 6.53. The van der Waals surface area contributed by atoms with E-state index in [1.54, 1.807) is 0 Å². The summed E-state index contributed by atoms with van der Waals surface area (Å²) in [5.41, 5.74) is 1.07. The Kier molecular flexibility index (Phi) is 5.69. The topological polar surface area (TPSA) is 41.6 Å². The van der Waals surface area contributed by atoms with Crippen molar-refractivity contribution in [3.05, 3.63) is 29.8 Å². The molecule has 0 spiro atoms.